The van der Waals surface area contributed by atoms with Crippen LogP contribution in [0.3, 0.4) is 0 Å². The number of nitrogens with zero attached hydrogens (tertiary/aromatic N) is 2. The standard InChI is InChI=1S/C22H18N4O4/c27-21(14-4-5-14)25-19-12-26-11-18(6-7-20(26)24-19)30-17-3-1-2-16(10-17)23-22(28)15-8-9-29-13-15/h1-3,6-14H,4-5H2,(H,23,28)(H,25,27). The van der Waals surface area contributed by atoms with E-state index in [0.717, 1.165) is 12.8 Å². The Bertz CT molecular complexity index is 1230. The number of carbonyl (C=O) groups excluding carboxylic acids is 2. The molecular formula is C22H18N4O4. The minimum Gasteiger partial charge on any atom is -0.472 e. The Morgan fingerprint density at radius 3 is 2.77 bits per heavy atom. The van der Waals surface area contributed by atoms with E-state index in [1.165, 1.54) is 12.5 Å². The van der Waals surface area contributed by atoms with Crippen molar-refractivity contribution in [3.8, 4) is 11.5 Å². The molecule has 3 heterocycles. The molecule has 150 valence electrons. The Balaban J connectivity index is 1.30. The van der Waals surface area contributed by atoms with Crippen molar-refractivity contribution < 1.29 is 18.7 Å². The van der Waals surface area contributed by atoms with E-state index < -0.39 is 0 Å². The lowest BCUT2D eigenvalue weighted by Crippen LogP contribution is -2.13. The van der Waals surface area contributed by atoms with E-state index in [1.54, 1.807) is 53.2 Å². The fraction of sp³-hybridized carbons (Fsp3) is 0.136. The highest BCUT2D eigenvalue weighted by atomic mass is 16.5. The highest BCUT2D eigenvalue weighted by molar-refractivity contribution is 6.04. The van der Waals surface area contributed by atoms with Gasteiger partial charge >= 0.3 is 0 Å². The summed E-state index contributed by atoms with van der Waals surface area (Å²) in [4.78, 5) is 28.5. The molecule has 1 saturated carbocycles. The third kappa shape index (κ3) is 3.88. The molecule has 8 heteroatoms. The molecule has 0 atom stereocenters. The fourth-order valence-corrected chi connectivity index (χ4v) is 3.04. The van der Waals surface area contributed by atoms with Crippen LogP contribution in [0.2, 0.25) is 0 Å². The average molecular weight is 402 g/mol. The summed E-state index contributed by atoms with van der Waals surface area (Å²) in [5, 5.41) is 5.64. The van der Waals surface area contributed by atoms with Crippen molar-refractivity contribution in [1.29, 1.82) is 0 Å². The molecule has 0 aliphatic heterocycles. The number of nitrogens with one attached hydrogen (secondary N) is 2. The van der Waals surface area contributed by atoms with Crippen molar-refractivity contribution in [2.75, 3.05) is 10.6 Å². The number of benzene rings is 1. The van der Waals surface area contributed by atoms with Crippen LogP contribution in [0.25, 0.3) is 5.65 Å². The molecule has 8 nitrogen and oxygen atoms in total. The molecular weight excluding hydrogens is 384 g/mol. The lowest BCUT2D eigenvalue weighted by molar-refractivity contribution is -0.117. The first kappa shape index (κ1) is 18.0. The predicted molar refractivity (Wildman–Crippen MR) is 110 cm³/mol. The lowest BCUT2D eigenvalue weighted by atomic mass is 10.2. The Kier molecular flexibility index (Phi) is 4.44. The van der Waals surface area contributed by atoms with Gasteiger partial charge < -0.3 is 24.2 Å². The topological polar surface area (TPSA) is 97.9 Å². The molecule has 0 bridgehead atoms. The maximum absolute atomic E-state index is 12.2. The third-order valence-electron chi connectivity index (χ3n) is 4.73. The van der Waals surface area contributed by atoms with E-state index in [1.807, 2.05) is 6.07 Å². The summed E-state index contributed by atoms with van der Waals surface area (Å²) in [6.45, 7) is 0. The average Bonchev–Trinajstić information content (AvgIpc) is 3.29. The molecule has 0 saturated heterocycles. The number of hydrogen-bond donors (Lipinski definition) is 2. The van der Waals surface area contributed by atoms with E-state index in [-0.39, 0.29) is 17.7 Å². The second-order valence-electron chi connectivity index (χ2n) is 7.12. The van der Waals surface area contributed by atoms with Crippen LogP contribution in [0.5, 0.6) is 11.5 Å². The first-order valence-electron chi connectivity index (χ1n) is 9.55. The summed E-state index contributed by atoms with van der Waals surface area (Å²) in [6.07, 6.45) is 8.26. The first-order chi connectivity index (χ1) is 14.6. The van der Waals surface area contributed by atoms with Crippen molar-refractivity contribution in [2.24, 2.45) is 5.92 Å². The van der Waals surface area contributed by atoms with Gasteiger partial charge in [-0.25, -0.2) is 4.98 Å². The number of pyridine rings is 1. The number of amides is 2. The van der Waals surface area contributed by atoms with Crippen LogP contribution < -0.4 is 15.4 Å². The van der Waals surface area contributed by atoms with Gasteiger partial charge in [0.05, 0.1) is 24.2 Å². The number of imidazole rings is 1. The number of rotatable bonds is 6. The monoisotopic (exact) mass is 402 g/mol. The maximum atomic E-state index is 12.2. The quantitative estimate of drug-likeness (QED) is 0.501. The number of carbonyl (C=O) groups is 2. The van der Waals surface area contributed by atoms with Crippen LogP contribution >= 0.6 is 0 Å². The molecule has 0 unspecified atom stereocenters. The summed E-state index contributed by atoms with van der Waals surface area (Å²) in [5.74, 6) is 1.56. The van der Waals surface area contributed by atoms with Gasteiger partial charge in [-0.1, -0.05) is 6.07 Å². The van der Waals surface area contributed by atoms with Gasteiger partial charge in [0.25, 0.3) is 5.91 Å². The summed E-state index contributed by atoms with van der Waals surface area (Å²) < 4.78 is 12.7. The molecule has 1 aliphatic rings. The van der Waals surface area contributed by atoms with Crippen LogP contribution in [-0.4, -0.2) is 21.2 Å². The van der Waals surface area contributed by atoms with Crippen molar-refractivity contribution in [3.63, 3.8) is 0 Å². The molecule has 4 aromatic rings. The third-order valence-corrected chi connectivity index (χ3v) is 4.73. The normalized spacial score (nSPS) is 13.2. The Morgan fingerprint density at radius 1 is 1.07 bits per heavy atom. The molecule has 2 N–H and O–H groups in total. The molecule has 2 amide bonds. The lowest BCUT2D eigenvalue weighted by Gasteiger charge is -2.09. The van der Waals surface area contributed by atoms with Crippen LogP contribution in [0, 0.1) is 5.92 Å². The van der Waals surface area contributed by atoms with E-state index in [4.69, 9.17) is 9.15 Å². The number of hydrogen-bond acceptors (Lipinski definition) is 5. The second-order valence-corrected chi connectivity index (χ2v) is 7.12. The van der Waals surface area contributed by atoms with E-state index in [0.29, 0.717) is 34.2 Å². The number of anilines is 2. The van der Waals surface area contributed by atoms with Gasteiger partial charge in [-0.05, 0) is 43.2 Å². The van der Waals surface area contributed by atoms with Crippen LogP contribution in [-0.2, 0) is 4.79 Å². The minimum atomic E-state index is -0.262. The zero-order valence-corrected chi connectivity index (χ0v) is 15.9. The highest BCUT2D eigenvalue weighted by Crippen LogP contribution is 2.30. The summed E-state index contributed by atoms with van der Waals surface area (Å²) in [7, 11) is 0. The number of aromatic nitrogens is 2. The minimum absolute atomic E-state index is 0.0177. The summed E-state index contributed by atoms with van der Waals surface area (Å²) in [5.41, 5.74) is 1.75. The maximum Gasteiger partial charge on any atom is 0.258 e. The van der Waals surface area contributed by atoms with E-state index >= 15 is 0 Å². The van der Waals surface area contributed by atoms with Crippen molar-refractivity contribution in [3.05, 3.63) is 72.9 Å². The van der Waals surface area contributed by atoms with Gasteiger partial charge in [-0.15, -0.1) is 0 Å². The Morgan fingerprint density at radius 2 is 1.97 bits per heavy atom. The largest absolute Gasteiger partial charge is 0.472 e. The molecule has 0 radical (unpaired) electrons. The first-order valence-corrected chi connectivity index (χ1v) is 9.55. The summed E-state index contributed by atoms with van der Waals surface area (Å²) in [6, 6.07) is 12.3. The zero-order chi connectivity index (χ0) is 20.5. The van der Waals surface area contributed by atoms with Gasteiger partial charge in [0.2, 0.25) is 5.91 Å². The van der Waals surface area contributed by atoms with Crippen LogP contribution in [0.4, 0.5) is 11.5 Å². The van der Waals surface area contributed by atoms with Crippen molar-refractivity contribution >= 4 is 29.0 Å². The molecule has 5 rings (SSSR count). The molecule has 1 aromatic carbocycles. The van der Waals surface area contributed by atoms with E-state index in [9.17, 15) is 9.59 Å². The summed E-state index contributed by atoms with van der Waals surface area (Å²) >= 11 is 0. The van der Waals surface area contributed by atoms with Crippen LogP contribution in [0.1, 0.15) is 23.2 Å². The number of ether oxygens (including phenoxy) is 1. The number of furan rings is 1. The molecule has 30 heavy (non-hydrogen) atoms. The predicted octanol–water partition coefficient (Wildman–Crippen LogP) is 4.32. The zero-order valence-electron chi connectivity index (χ0n) is 15.9. The molecule has 0 spiro atoms. The second kappa shape index (κ2) is 7.40. The fourth-order valence-electron chi connectivity index (χ4n) is 3.04. The Labute approximate surface area is 171 Å². The van der Waals surface area contributed by atoms with Gasteiger partial charge in [0.15, 0.2) is 5.82 Å². The van der Waals surface area contributed by atoms with Crippen molar-refractivity contribution in [1.82, 2.24) is 9.38 Å². The van der Waals surface area contributed by atoms with Gasteiger partial charge in [-0.3, -0.25) is 9.59 Å². The van der Waals surface area contributed by atoms with Gasteiger partial charge in [-0.2, -0.15) is 0 Å². The van der Waals surface area contributed by atoms with Gasteiger partial charge in [0, 0.05) is 17.7 Å². The van der Waals surface area contributed by atoms with Gasteiger partial charge in [0.1, 0.15) is 23.4 Å². The molecule has 1 aliphatic carbocycles. The Hall–Kier alpha value is -4.07. The number of fused-ring (bicyclic) bond motifs is 1. The molecule has 3 aromatic heterocycles. The molecule has 1 fully saturated rings. The van der Waals surface area contributed by atoms with Crippen molar-refractivity contribution in [2.45, 2.75) is 12.8 Å². The van der Waals surface area contributed by atoms with E-state index in [2.05, 4.69) is 15.6 Å². The van der Waals surface area contributed by atoms with Crippen LogP contribution in [0.15, 0.2) is 71.8 Å². The smallest absolute Gasteiger partial charge is 0.258 e. The highest BCUT2D eigenvalue weighted by Gasteiger charge is 2.30. The SMILES string of the molecule is O=C(Nc1cccc(Oc2ccc3nc(NC(=O)C4CC4)cn3c2)c1)c1ccoc1.